The van der Waals surface area contributed by atoms with Crippen molar-refractivity contribution < 1.29 is 5.11 Å². The molecule has 1 aromatic rings. The molecule has 1 unspecified atom stereocenters. The molecule has 0 saturated heterocycles. The van der Waals surface area contributed by atoms with Crippen molar-refractivity contribution in [3.63, 3.8) is 0 Å². The molecule has 0 aliphatic heterocycles. The standard InChI is InChI=1S/C15H24O/c1-5-12(2)13-6-8-14(9-7-13)15(3,4)10-11-16/h6-9,12,16H,5,10-11H2,1-4H3. The lowest BCUT2D eigenvalue weighted by molar-refractivity contribution is 0.252. The van der Waals surface area contributed by atoms with Crippen molar-refractivity contribution in [1.82, 2.24) is 0 Å². The van der Waals surface area contributed by atoms with Gasteiger partial charge in [-0.2, -0.15) is 0 Å². The summed E-state index contributed by atoms with van der Waals surface area (Å²) in [5.41, 5.74) is 2.79. The van der Waals surface area contributed by atoms with Crippen molar-refractivity contribution in [2.45, 2.75) is 51.9 Å². The molecule has 0 aromatic heterocycles. The Morgan fingerprint density at radius 2 is 1.75 bits per heavy atom. The fourth-order valence-corrected chi connectivity index (χ4v) is 1.92. The summed E-state index contributed by atoms with van der Waals surface area (Å²) in [5, 5.41) is 9.04. The van der Waals surface area contributed by atoms with Crippen LogP contribution in [0, 0.1) is 0 Å². The van der Waals surface area contributed by atoms with E-state index < -0.39 is 0 Å². The van der Waals surface area contributed by atoms with Crippen LogP contribution in [-0.4, -0.2) is 11.7 Å². The molecule has 1 aromatic carbocycles. The summed E-state index contributed by atoms with van der Waals surface area (Å²) < 4.78 is 0. The van der Waals surface area contributed by atoms with Crippen LogP contribution in [0.2, 0.25) is 0 Å². The predicted octanol–water partition coefficient (Wildman–Crippen LogP) is 3.86. The van der Waals surface area contributed by atoms with Crippen LogP contribution in [0.15, 0.2) is 24.3 Å². The molecule has 0 spiro atoms. The average Bonchev–Trinajstić information content (AvgIpc) is 2.28. The van der Waals surface area contributed by atoms with Gasteiger partial charge in [0, 0.05) is 6.61 Å². The van der Waals surface area contributed by atoms with Crippen LogP contribution >= 0.6 is 0 Å². The second-order valence-corrected chi connectivity index (χ2v) is 5.29. The highest BCUT2D eigenvalue weighted by Gasteiger charge is 2.19. The molecule has 0 fully saturated rings. The smallest absolute Gasteiger partial charge is 0.0439 e. The molecule has 1 heteroatoms. The van der Waals surface area contributed by atoms with Gasteiger partial charge in [-0.3, -0.25) is 0 Å². The van der Waals surface area contributed by atoms with E-state index in [9.17, 15) is 0 Å². The molecule has 0 saturated carbocycles. The summed E-state index contributed by atoms with van der Waals surface area (Å²) in [6.45, 7) is 9.09. The van der Waals surface area contributed by atoms with Gasteiger partial charge in [0.05, 0.1) is 0 Å². The van der Waals surface area contributed by atoms with Gasteiger partial charge in [-0.25, -0.2) is 0 Å². The predicted molar refractivity (Wildman–Crippen MR) is 69.9 cm³/mol. The Labute approximate surface area is 99.5 Å². The minimum Gasteiger partial charge on any atom is -0.396 e. The fourth-order valence-electron chi connectivity index (χ4n) is 1.92. The zero-order valence-corrected chi connectivity index (χ0v) is 11.0. The van der Waals surface area contributed by atoms with E-state index in [4.69, 9.17) is 5.11 Å². The maximum atomic E-state index is 9.04. The van der Waals surface area contributed by atoms with E-state index in [0.717, 1.165) is 6.42 Å². The number of hydrogen-bond acceptors (Lipinski definition) is 1. The van der Waals surface area contributed by atoms with Gasteiger partial charge >= 0.3 is 0 Å². The van der Waals surface area contributed by atoms with Crippen LogP contribution in [0.1, 0.15) is 57.6 Å². The van der Waals surface area contributed by atoms with Crippen molar-refractivity contribution in [2.24, 2.45) is 0 Å². The molecule has 1 nitrogen and oxygen atoms in total. The Kier molecular flexibility index (Phi) is 4.55. The molecule has 1 rings (SSSR count). The maximum Gasteiger partial charge on any atom is 0.0439 e. The summed E-state index contributed by atoms with van der Waals surface area (Å²) in [7, 11) is 0. The zero-order valence-electron chi connectivity index (χ0n) is 11.0. The lowest BCUT2D eigenvalue weighted by Crippen LogP contribution is -2.18. The summed E-state index contributed by atoms with van der Waals surface area (Å²) in [6, 6.07) is 8.86. The van der Waals surface area contributed by atoms with E-state index in [1.807, 2.05) is 0 Å². The summed E-state index contributed by atoms with van der Waals surface area (Å²) >= 11 is 0. The first-order chi connectivity index (χ1) is 7.51. The van der Waals surface area contributed by atoms with E-state index in [1.165, 1.54) is 17.5 Å². The molecular formula is C15H24O. The Morgan fingerprint density at radius 1 is 1.19 bits per heavy atom. The molecule has 16 heavy (non-hydrogen) atoms. The first-order valence-corrected chi connectivity index (χ1v) is 6.22. The molecule has 1 atom stereocenters. The molecule has 0 aliphatic carbocycles. The number of aliphatic hydroxyl groups excluding tert-OH is 1. The molecule has 90 valence electrons. The van der Waals surface area contributed by atoms with Gasteiger partial charge in [0.1, 0.15) is 0 Å². The first kappa shape index (κ1) is 13.2. The van der Waals surface area contributed by atoms with Crippen LogP contribution in [0.4, 0.5) is 0 Å². The Hall–Kier alpha value is -0.820. The lowest BCUT2D eigenvalue weighted by Gasteiger charge is -2.24. The minimum absolute atomic E-state index is 0.0722. The van der Waals surface area contributed by atoms with Crippen LogP contribution in [0.25, 0.3) is 0 Å². The van der Waals surface area contributed by atoms with Gasteiger partial charge in [0.2, 0.25) is 0 Å². The topological polar surface area (TPSA) is 20.2 Å². The SMILES string of the molecule is CCC(C)c1ccc(C(C)(C)CCO)cc1. The van der Waals surface area contributed by atoms with Crippen LogP contribution in [-0.2, 0) is 5.41 Å². The molecule has 0 heterocycles. The zero-order chi connectivity index (χ0) is 12.2. The maximum absolute atomic E-state index is 9.04. The molecule has 0 aliphatic rings. The molecule has 1 N–H and O–H groups in total. The minimum atomic E-state index is 0.0722. The van der Waals surface area contributed by atoms with Gasteiger partial charge < -0.3 is 5.11 Å². The third-order valence-electron chi connectivity index (χ3n) is 3.61. The van der Waals surface area contributed by atoms with Crippen molar-refractivity contribution >= 4 is 0 Å². The van der Waals surface area contributed by atoms with E-state index in [-0.39, 0.29) is 12.0 Å². The monoisotopic (exact) mass is 220 g/mol. The first-order valence-electron chi connectivity index (χ1n) is 6.22. The van der Waals surface area contributed by atoms with Crippen LogP contribution in [0.5, 0.6) is 0 Å². The number of rotatable bonds is 5. The van der Waals surface area contributed by atoms with E-state index in [1.54, 1.807) is 0 Å². The summed E-state index contributed by atoms with van der Waals surface area (Å²) in [5.74, 6) is 0.634. The van der Waals surface area contributed by atoms with Crippen molar-refractivity contribution in [3.8, 4) is 0 Å². The highest BCUT2D eigenvalue weighted by atomic mass is 16.3. The van der Waals surface area contributed by atoms with Crippen LogP contribution < -0.4 is 0 Å². The second kappa shape index (κ2) is 5.49. The number of aliphatic hydroxyl groups is 1. The summed E-state index contributed by atoms with van der Waals surface area (Å²) in [6.07, 6.45) is 2.00. The van der Waals surface area contributed by atoms with E-state index in [2.05, 4.69) is 52.0 Å². The average molecular weight is 220 g/mol. The third-order valence-corrected chi connectivity index (χ3v) is 3.61. The quantitative estimate of drug-likeness (QED) is 0.799. The fraction of sp³-hybridized carbons (Fsp3) is 0.600. The van der Waals surface area contributed by atoms with Crippen molar-refractivity contribution in [2.75, 3.05) is 6.61 Å². The molecule has 0 bridgehead atoms. The second-order valence-electron chi connectivity index (χ2n) is 5.29. The molecule has 0 amide bonds. The lowest BCUT2D eigenvalue weighted by atomic mass is 9.81. The Morgan fingerprint density at radius 3 is 2.19 bits per heavy atom. The summed E-state index contributed by atoms with van der Waals surface area (Å²) in [4.78, 5) is 0. The van der Waals surface area contributed by atoms with Crippen molar-refractivity contribution in [3.05, 3.63) is 35.4 Å². The Balaban J connectivity index is 2.86. The van der Waals surface area contributed by atoms with Gasteiger partial charge in [-0.05, 0) is 35.3 Å². The van der Waals surface area contributed by atoms with E-state index in [0.29, 0.717) is 5.92 Å². The van der Waals surface area contributed by atoms with Gasteiger partial charge in [-0.1, -0.05) is 52.0 Å². The molecular weight excluding hydrogens is 196 g/mol. The normalized spacial score (nSPS) is 13.8. The van der Waals surface area contributed by atoms with Gasteiger partial charge in [0.25, 0.3) is 0 Å². The third kappa shape index (κ3) is 3.08. The van der Waals surface area contributed by atoms with Crippen molar-refractivity contribution in [1.29, 1.82) is 0 Å². The van der Waals surface area contributed by atoms with E-state index >= 15 is 0 Å². The molecule has 0 radical (unpaired) electrons. The van der Waals surface area contributed by atoms with Gasteiger partial charge in [-0.15, -0.1) is 0 Å². The highest BCUT2D eigenvalue weighted by molar-refractivity contribution is 5.29. The number of benzene rings is 1. The highest BCUT2D eigenvalue weighted by Crippen LogP contribution is 2.28. The number of hydrogen-bond donors (Lipinski definition) is 1. The van der Waals surface area contributed by atoms with Crippen LogP contribution in [0.3, 0.4) is 0 Å². The van der Waals surface area contributed by atoms with Gasteiger partial charge in [0.15, 0.2) is 0 Å². The largest absolute Gasteiger partial charge is 0.396 e. The Bertz CT molecular complexity index is 311.